The number of hydrogen-bond acceptors (Lipinski definition) is 7. The number of likely N-dealkylation sites (tertiary alicyclic amines) is 2. The fraction of sp³-hybridized carbons (Fsp3) is 0.347. The number of nitrogens with two attached hydrogens (primary N) is 1. The van der Waals surface area contributed by atoms with Crippen LogP contribution in [-0.4, -0.2) is 118 Å². The highest BCUT2D eigenvalue weighted by molar-refractivity contribution is 6.31. The summed E-state index contributed by atoms with van der Waals surface area (Å²) in [7, 11) is 0. The molecule has 4 aromatic rings. The Morgan fingerprint density at radius 2 is 1.14 bits per heavy atom. The molecule has 4 atom stereocenters. The standard InChI is InChI=1S/C27H29ClFN5O3.C22H23ClFN3O/c28-20-5-3-19(24(13-20)31-27(37)33-12-11-30-25(35)17-33)4-10-26(36)34-22-8-9-23(34)16-32(15-22)14-18-1-6-21(29)7-2-18;23-17-5-3-16(21(25)11-17)4-10-22(28)27-19-8-9-20(27)14-26(13-19)12-15-1-6-18(24)7-2-15/h1-7,10,13,22-23H,8-9,11-12,14-17H2,(H,30,35)(H,31,37);1-7,10-11,19-20H,8-9,12-14,25H2/b2*10-4+. The van der Waals surface area contributed by atoms with Gasteiger partial charge in [0.25, 0.3) is 0 Å². The van der Waals surface area contributed by atoms with Crippen molar-refractivity contribution in [2.45, 2.75) is 62.9 Å². The molecule has 5 fully saturated rings. The highest BCUT2D eigenvalue weighted by atomic mass is 35.5. The van der Waals surface area contributed by atoms with Crippen molar-refractivity contribution in [3.05, 3.63) is 141 Å². The van der Waals surface area contributed by atoms with Crippen molar-refractivity contribution in [3.63, 3.8) is 0 Å². The molecule has 5 aliphatic heterocycles. The number of nitrogens with one attached hydrogen (secondary N) is 2. The first kappa shape index (κ1) is 45.8. The van der Waals surface area contributed by atoms with E-state index in [2.05, 4.69) is 20.4 Å². The molecule has 9 rings (SSSR count). The van der Waals surface area contributed by atoms with Crippen LogP contribution in [0.1, 0.15) is 47.9 Å². The molecular formula is C49H52Cl2F2N8O4. The van der Waals surface area contributed by atoms with Crippen molar-refractivity contribution in [2.24, 2.45) is 0 Å². The van der Waals surface area contributed by atoms with Gasteiger partial charge in [0, 0.05) is 104 Å². The van der Waals surface area contributed by atoms with Crippen LogP contribution in [0.4, 0.5) is 25.0 Å². The summed E-state index contributed by atoms with van der Waals surface area (Å²) < 4.78 is 26.3. The molecular weight excluding hydrogens is 873 g/mol. The average Bonchev–Trinajstić information content (AvgIpc) is 3.72. The van der Waals surface area contributed by atoms with Gasteiger partial charge in [0.2, 0.25) is 17.7 Å². The zero-order chi connectivity index (χ0) is 45.6. The molecule has 4 N–H and O–H groups in total. The third-order valence-corrected chi connectivity index (χ3v) is 13.2. The van der Waals surface area contributed by atoms with E-state index in [4.69, 9.17) is 28.9 Å². The lowest BCUT2D eigenvalue weighted by atomic mass is 10.1. The fourth-order valence-corrected chi connectivity index (χ4v) is 9.99. The molecule has 5 heterocycles. The van der Waals surface area contributed by atoms with Crippen LogP contribution in [0.15, 0.2) is 97.1 Å². The Morgan fingerprint density at radius 1 is 0.677 bits per heavy atom. The number of urea groups is 1. The van der Waals surface area contributed by atoms with Gasteiger partial charge < -0.3 is 31.1 Å². The zero-order valence-electron chi connectivity index (χ0n) is 35.9. The van der Waals surface area contributed by atoms with Crippen molar-refractivity contribution in [2.75, 3.05) is 56.9 Å². The minimum atomic E-state index is -0.395. The number of piperazine rings is 3. The third-order valence-electron chi connectivity index (χ3n) is 12.7. The van der Waals surface area contributed by atoms with Crippen LogP contribution in [0.5, 0.6) is 0 Å². The topological polar surface area (TPSA) is 135 Å². The first-order valence-corrected chi connectivity index (χ1v) is 22.7. The van der Waals surface area contributed by atoms with Crippen LogP contribution < -0.4 is 16.4 Å². The monoisotopic (exact) mass is 924 g/mol. The van der Waals surface area contributed by atoms with E-state index in [1.807, 2.05) is 28.0 Å². The van der Waals surface area contributed by atoms with E-state index in [1.54, 1.807) is 66.8 Å². The quantitative estimate of drug-likeness (QED) is 0.119. The highest BCUT2D eigenvalue weighted by Gasteiger charge is 2.43. The average molecular weight is 926 g/mol. The lowest BCUT2D eigenvalue weighted by molar-refractivity contribution is -0.132. The third kappa shape index (κ3) is 11.5. The SMILES string of the molecule is Nc1cc(Cl)ccc1/C=C/C(=O)N1C2CCC1CN(Cc1ccc(F)cc1)C2.O=C1CN(C(=O)Nc2cc(Cl)ccc2/C=C/C(=O)N2C3CCC2CN(Cc2ccc(F)cc2)C3)CCN1. The maximum absolute atomic E-state index is 13.2. The first-order chi connectivity index (χ1) is 31.3. The molecule has 4 bridgehead atoms. The Kier molecular flexibility index (Phi) is 14.5. The molecule has 5 aliphatic rings. The van der Waals surface area contributed by atoms with E-state index in [0.717, 1.165) is 81.6 Å². The Labute approximate surface area is 387 Å². The first-order valence-electron chi connectivity index (χ1n) is 22.0. The van der Waals surface area contributed by atoms with E-state index in [-0.39, 0.29) is 60.1 Å². The number of carbonyl (C=O) groups is 4. The number of anilines is 2. The van der Waals surface area contributed by atoms with Gasteiger partial charge in [0.15, 0.2) is 0 Å². The molecule has 65 heavy (non-hydrogen) atoms. The van der Waals surface area contributed by atoms with Crippen LogP contribution in [0.25, 0.3) is 12.2 Å². The summed E-state index contributed by atoms with van der Waals surface area (Å²) in [5.41, 5.74) is 10.6. The summed E-state index contributed by atoms with van der Waals surface area (Å²) in [5.74, 6) is -0.691. The normalized spacial score (nSPS) is 22.0. The van der Waals surface area contributed by atoms with Gasteiger partial charge in [0.1, 0.15) is 18.2 Å². The number of nitrogen functional groups attached to an aromatic ring is 1. The summed E-state index contributed by atoms with van der Waals surface area (Å²) in [6.07, 6.45) is 10.6. The van der Waals surface area contributed by atoms with Crippen molar-refractivity contribution >= 4 is 70.5 Å². The summed E-state index contributed by atoms with van der Waals surface area (Å²) in [6.45, 7) is 5.57. The molecule has 0 spiro atoms. The maximum atomic E-state index is 13.2. The number of rotatable bonds is 9. The van der Waals surface area contributed by atoms with Crippen molar-refractivity contribution in [1.29, 1.82) is 0 Å². The Bertz CT molecular complexity index is 2430. The molecule has 0 radical (unpaired) electrons. The second kappa shape index (κ2) is 20.6. The second-order valence-corrected chi connectivity index (χ2v) is 18.1. The van der Waals surface area contributed by atoms with Gasteiger partial charge >= 0.3 is 6.03 Å². The predicted molar refractivity (Wildman–Crippen MR) is 250 cm³/mol. The summed E-state index contributed by atoms with van der Waals surface area (Å²) in [6, 6.07) is 23.9. The lowest BCUT2D eigenvalue weighted by Gasteiger charge is -2.40. The lowest BCUT2D eigenvalue weighted by Crippen LogP contribution is -2.55. The number of carbonyl (C=O) groups excluding carboxylic acids is 4. The number of benzene rings is 4. The Morgan fingerprint density at radius 3 is 1.62 bits per heavy atom. The van der Waals surface area contributed by atoms with Gasteiger partial charge in [-0.25, -0.2) is 13.6 Å². The van der Waals surface area contributed by atoms with Gasteiger partial charge in [-0.1, -0.05) is 59.6 Å². The number of fused-ring (bicyclic) bond motifs is 4. The summed E-state index contributed by atoms with van der Waals surface area (Å²) in [4.78, 5) is 60.5. The molecule has 340 valence electrons. The van der Waals surface area contributed by atoms with Crippen LogP contribution in [-0.2, 0) is 27.5 Å². The van der Waals surface area contributed by atoms with Crippen molar-refractivity contribution in [1.82, 2.24) is 29.8 Å². The molecule has 5 saturated heterocycles. The van der Waals surface area contributed by atoms with Crippen LogP contribution in [0.3, 0.4) is 0 Å². The van der Waals surface area contributed by atoms with E-state index >= 15 is 0 Å². The van der Waals surface area contributed by atoms with Gasteiger partial charge in [-0.2, -0.15) is 0 Å². The molecule has 4 aromatic carbocycles. The van der Waals surface area contributed by atoms with Gasteiger partial charge in [-0.05, 0) is 109 Å². The summed E-state index contributed by atoms with van der Waals surface area (Å²) >= 11 is 12.1. The number of nitrogens with zero attached hydrogens (tertiary/aromatic N) is 5. The minimum Gasteiger partial charge on any atom is -0.398 e. The van der Waals surface area contributed by atoms with Gasteiger partial charge in [-0.3, -0.25) is 24.2 Å². The second-order valence-electron chi connectivity index (χ2n) is 17.3. The predicted octanol–water partition coefficient (Wildman–Crippen LogP) is 7.28. The van der Waals surface area contributed by atoms with Crippen LogP contribution >= 0.6 is 23.2 Å². The smallest absolute Gasteiger partial charge is 0.322 e. The maximum Gasteiger partial charge on any atom is 0.322 e. The largest absolute Gasteiger partial charge is 0.398 e. The number of amides is 5. The minimum absolute atomic E-state index is 0.00796. The Hall–Kier alpha value is -5.80. The molecule has 4 unspecified atom stereocenters. The van der Waals surface area contributed by atoms with E-state index in [1.165, 1.54) is 29.2 Å². The van der Waals surface area contributed by atoms with E-state index in [9.17, 15) is 28.0 Å². The van der Waals surface area contributed by atoms with Gasteiger partial charge in [0.05, 0.1) is 5.69 Å². The molecule has 16 heteroatoms. The highest BCUT2D eigenvalue weighted by Crippen LogP contribution is 2.33. The van der Waals surface area contributed by atoms with E-state index < -0.39 is 6.03 Å². The van der Waals surface area contributed by atoms with Crippen molar-refractivity contribution in [3.8, 4) is 0 Å². The van der Waals surface area contributed by atoms with Gasteiger partial charge in [-0.15, -0.1) is 0 Å². The Balaban J connectivity index is 0.000000184. The fourth-order valence-electron chi connectivity index (χ4n) is 9.63. The van der Waals surface area contributed by atoms with Crippen molar-refractivity contribution < 1.29 is 28.0 Å². The number of halogens is 4. The van der Waals surface area contributed by atoms with E-state index in [0.29, 0.717) is 40.1 Å². The molecule has 0 aliphatic carbocycles. The zero-order valence-corrected chi connectivity index (χ0v) is 37.4. The summed E-state index contributed by atoms with van der Waals surface area (Å²) in [5, 5.41) is 6.55. The van der Waals surface area contributed by atoms with Crippen LogP contribution in [0.2, 0.25) is 10.0 Å². The molecule has 5 amide bonds. The molecule has 0 saturated carbocycles. The number of hydrogen-bond donors (Lipinski definition) is 3. The van der Waals surface area contributed by atoms with Crippen LogP contribution in [0, 0.1) is 11.6 Å². The molecule has 0 aromatic heterocycles. The molecule has 12 nitrogen and oxygen atoms in total.